The van der Waals surface area contributed by atoms with Crippen LogP contribution in [0.3, 0.4) is 0 Å². The van der Waals surface area contributed by atoms with Crippen molar-refractivity contribution in [3.05, 3.63) is 35.0 Å². The van der Waals surface area contributed by atoms with Crippen molar-refractivity contribution in [1.29, 1.82) is 0 Å². The van der Waals surface area contributed by atoms with E-state index >= 15 is 0 Å². The van der Waals surface area contributed by atoms with Crippen molar-refractivity contribution in [2.24, 2.45) is 0 Å². The van der Waals surface area contributed by atoms with Crippen LogP contribution in [0.2, 0.25) is 0 Å². The molecule has 2 heterocycles. The second kappa shape index (κ2) is 1.95. The highest BCUT2D eigenvalue weighted by Gasteiger charge is 2.10. The molecule has 1 nitrogen and oxygen atoms in total. The third-order valence-electron chi connectivity index (χ3n) is 1.30. The molecule has 0 unspecified atom stereocenters. The summed E-state index contributed by atoms with van der Waals surface area (Å²) in [5.41, 5.74) is 0. The minimum atomic E-state index is 1.06. The number of hydrogen-bond donors (Lipinski definition) is 0. The Bertz CT molecular complexity index is 203. The predicted octanol–water partition coefficient (Wildman–Crippen LogP) is 2.07. The van der Waals surface area contributed by atoms with Crippen LogP contribution in [0.25, 0.3) is 0 Å². The summed E-state index contributed by atoms with van der Waals surface area (Å²) in [6, 6.07) is 0. The van der Waals surface area contributed by atoms with E-state index in [1.165, 1.54) is 5.03 Å². The molecule has 1 radical (unpaired) electrons. The lowest BCUT2D eigenvalue weighted by molar-refractivity contribution is 0.668. The summed E-state index contributed by atoms with van der Waals surface area (Å²) in [7, 11) is 0. The van der Waals surface area contributed by atoms with Gasteiger partial charge in [-0.2, -0.15) is 0 Å². The second-order valence-electron chi connectivity index (χ2n) is 1.92. The van der Waals surface area contributed by atoms with Gasteiger partial charge in [0, 0.05) is 17.8 Å². The number of thioether (sulfide) groups is 1. The Kier molecular flexibility index (Phi) is 1.12. The van der Waals surface area contributed by atoms with Gasteiger partial charge in [-0.25, -0.2) is 0 Å². The fourth-order valence-corrected chi connectivity index (χ4v) is 1.55. The van der Waals surface area contributed by atoms with E-state index in [2.05, 4.69) is 28.7 Å². The highest BCUT2D eigenvalue weighted by Crippen LogP contribution is 2.30. The maximum Gasteiger partial charge on any atom is 0.0800 e. The van der Waals surface area contributed by atoms with Gasteiger partial charge in [0.15, 0.2) is 0 Å². The van der Waals surface area contributed by atoms with Gasteiger partial charge in [0.2, 0.25) is 0 Å². The topological polar surface area (TPSA) is 3.24 Å². The van der Waals surface area contributed by atoms with E-state index in [1.807, 2.05) is 6.20 Å². The first-order valence-electron chi connectivity index (χ1n) is 2.88. The van der Waals surface area contributed by atoms with Crippen molar-refractivity contribution in [3.8, 4) is 0 Å². The van der Waals surface area contributed by atoms with Crippen LogP contribution < -0.4 is 0 Å². The summed E-state index contributed by atoms with van der Waals surface area (Å²) in [6.07, 6.45) is 9.41. The molecule has 0 aromatic carbocycles. The molecule has 0 amide bonds. The Morgan fingerprint density at radius 3 is 3.56 bits per heavy atom. The molecule has 0 N–H and O–H groups in total. The molecule has 0 fully saturated rings. The Morgan fingerprint density at radius 1 is 1.67 bits per heavy atom. The van der Waals surface area contributed by atoms with Gasteiger partial charge in [-0.05, 0) is 12.5 Å². The Balaban J connectivity index is 2.29. The van der Waals surface area contributed by atoms with Crippen molar-refractivity contribution < 1.29 is 0 Å². The Hall–Kier alpha value is -0.630. The zero-order valence-corrected chi connectivity index (χ0v) is 5.69. The van der Waals surface area contributed by atoms with Crippen molar-refractivity contribution in [3.63, 3.8) is 0 Å². The van der Waals surface area contributed by atoms with Crippen molar-refractivity contribution in [2.45, 2.75) is 6.42 Å². The monoisotopic (exact) mass is 136 g/mol. The molecule has 0 aromatic rings. The van der Waals surface area contributed by atoms with Crippen molar-refractivity contribution in [2.75, 3.05) is 0 Å². The second-order valence-corrected chi connectivity index (χ2v) is 2.78. The van der Waals surface area contributed by atoms with Gasteiger partial charge >= 0.3 is 0 Å². The standard InChI is InChI=1S/C7H6NS/c1-2-4-8-5-6-9-7(8)3-1/h2-5H,1H2. The summed E-state index contributed by atoms with van der Waals surface area (Å²) >= 11 is 1.66. The van der Waals surface area contributed by atoms with E-state index in [1.54, 1.807) is 11.8 Å². The van der Waals surface area contributed by atoms with Crippen molar-refractivity contribution >= 4 is 11.8 Å². The first-order chi connectivity index (χ1) is 4.47. The van der Waals surface area contributed by atoms with Crippen LogP contribution >= 0.6 is 11.8 Å². The third-order valence-corrected chi connectivity index (χ3v) is 2.11. The highest BCUT2D eigenvalue weighted by atomic mass is 32.2. The van der Waals surface area contributed by atoms with Gasteiger partial charge in [0.25, 0.3) is 0 Å². The van der Waals surface area contributed by atoms with Crippen LogP contribution in [-0.2, 0) is 0 Å². The normalized spacial score (nSPS) is 22.2. The van der Waals surface area contributed by atoms with Gasteiger partial charge in [-0.1, -0.05) is 17.8 Å². The average Bonchev–Trinajstić information content (AvgIpc) is 2.33. The van der Waals surface area contributed by atoms with Crippen LogP contribution in [0, 0.1) is 5.41 Å². The molecule has 0 saturated carbocycles. The largest absolute Gasteiger partial charge is 0.318 e. The molecule has 0 spiro atoms. The zero-order chi connectivity index (χ0) is 6.10. The molecule has 0 aliphatic carbocycles. The van der Waals surface area contributed by atoms with Crippen LogP contribution in [0.5, 0.6) is 0 Å². The maximum atomic E-state index is 3.06. The molecule has 2 heteroatoms. The fraction of sp³-hybridized carbons (Fsp3) is 0.143. The predicted molar refractivity (Wildman–Crippen MR) is 39.1 cm³/mol. The van der Waals surface area contributed by atoms with E-state index in [0.29, 0.717) is 0 Å². The van der Waals surface area contributed by atoms with E-state index in [0.717, 1.165) is 6.42 Å². The molecule has 45 valence electrons. The molecule has 2 rings (SSSR count). The van der Waals surface area contributed by atoms with Crippen LogP contribution in [0.4, 0.5) is 0 Å². The molecule has 2 aliphatic rings. The quantitative estimate of drug-likeness (QED) is 0.501. The Labute approximate surface area is 58.7 Å². The number of rotatable bonds is 0. The van der Waals surface area contributed by atoms with E-state index < -0.39 is 0 Å². The van der Waals surface area contributed by atoms with Crippen LogP contribution in [0.15, 0.2) is 29.6 Å². The SMILES string of the molecule is [C]1=CN2C=CCC=C2S1. The minimum Gasteiger partial charge on any atom is -0.318 e. The molecule has 0 saturated heterocycles. The lowest BCUT2D eigenvalue weighted by Gasteiger charge is -2.14. The van der Waals surface area contributed by atoms with Crippen LogP contribution in [0.1, 0.15) is 6.42 Å². The number of fused-ring (bicyclic) bond motifs is 1. The third kappa shape index (κ3) is 0.793. The summed E-state index contributed by atoms with van der Waals surface area (Å²) in [4.78, 5) is 2.08. The van der Waals surface area contributed by atoms with Gasteiger partial charge < -0.3 is 4.90 Å². The van der Waals surface area contributed by atoms with E-state index in [-0.39, 0.29) is 0 Å². The number of allylic oxidation sites excluding steroid dienone is 2. The fourth-order valence-electron chi connectivity index (χ4n) is 0.867. The highest BCUT2D eigenvalue weighted by molar-refractivity contribution is 8.04. The van der Waals surface area contributed by atoms with Gasteiger partial charge in [-0.3, -0.25) is 0 Å². The van der Waals surface area contributed by atoms with Gasteiger partial charge in [0.1, 0.15) is 0 Å². The first-order valence-corrected chi connectivity index (χ1v) is 3.69. The minimum absolute atomic E-state index is 1.06. The number of hydrogen-bond acceptors (Lipinski definition) is 2. The first kappa shape index (κ1) is 5.18. The summed E-state index contributed by atoms with van der Waals surface area (Å²) < 4.78 is 0. The lowest BCUT2D eigenvalue weighted by atomic mass is 10.3. The molecule has 2 aliphatic heterocycles. The smallest absolute Gasteiger partial charge is 0.0800 e. The van der Waals surface area contributed by atoms with Crippen LogP contribution in [-0.4, -0.2) is 4.90 Å². The summed E-state index contributed by atoms with van der Waals surface area (Å²) in [5.74, 6) is 0. The molecule has 9 heavy (non-hydrogen) atoms. The van der Waals surface area contributed by atoms with Gasteiger partial charge in [0.05, 0.1) is 5.03 Å². The summed E-state index contributed by atoms with van der Waals surface area (Å²) in [5, 5.41) is 4.35. The maximum absolute atomic E-state index is 3.06. The Morgan fingerprint density at radius 2 is 2.67 bits per heavy atom. The van der Waals surface area contributed by atoms with Gasteiger partial charge in [-0.15, -0.1) is 0 Å². The molecular weight excluding hydrogens is 130 g/mol. The molecule has 0 aromatic heterocycles. The average molecular weight is 136 g/mol. The van der Waals surface area contributed by atoms with Crippen molar-refractivity contribution in [1.82, 2.24) is 4.90 Å². The lowest BCUT2D eigenvalue weighted by Crippen LogP contribution is -2.03. The molecular formula is C7H6NS. The zero-order valence-electron chi connectivity index (χ0n) is 4.87. The van der Waals surface area contributed by atoms with E-state index in [9.17, 15) is 0 Å². The number of nitrogens with zero attached hydrogens (tertiary/aromatic N) is 1. The van der Waals surface area contributed by atoms with E-state index in [4.69, 9.17) is 0 Å². The summed E-state index contributed by atoms with van der Waals surface area (Å²) in [6.45, 7) is 0. The molecule has 0 atom stereocenters. The molecule has 0 bridgehead atoms.